The summed E-state index contributed by atoms with van der Waals surface area (Å²) in [5.41, 5.74) is 0. The van der Waals surface area contributed by atoms with E-state index in [9.17, 15) is 14.4 Å². The summed E-state index contributed by atoms with van der Waals surface area (Å²) in [5, 5.41) is 11.2. The van der Waals surface area contributed by atoms with E-state index < -0.39 is 18.1 Å². The normalized spacial score (nSPS) is 11.6. The van der Waals surface area contributed by atoms with Gasteiger partial charge in [-0.1, -0.05) is 0 Å². The zero-order chi connectivity index (χ0) is 15.0. The molecule has 0 aromatic rings. The summed E-state index contributed by atoms with van der Waals surface area (Å²) in [5.74, 6) is -1.37. The summed E-state index contributed by atoms with van der Waals surface area (Å²) < 4.78 is 4.69. The van der Waals surface area contributed by atoms with Gasteiger partial charge >= 0.3 is 12.0 Å². The Morgan fingerprint density at radius 2 is 1.89 bits per heavy atom. The van der Waals surface area contributed by atoms with Gasteiger partial charge in [-0.3, -0.25) is 4.79 Å². The van der Waals surface area contributed by atoms with Crippen LogP contribution in [0.1, 0.15) is 6.92 Å². The van der Waals surface area contributed by atoms with Gasteiger partial charge < -0.3 is 25.0 Å². The third-order valence-electron chi connectivity index (χ3n) is 2.49. The number of carboxylic acid groups (broad SMARTS) is 1. The molecule has 0 bridgehead atoms. The van der Waals surface area contributed by atoms with Gasteiger partial charge in [0.15, 0.2) is 6.10 Å². The molecule has 0 rings (SSSR count). The van der Waals surface area contributed by atoms with E-state index in [1.165, 1.54) is 16.9 Å². The molecule has 0 aliphatic heterocycles. The zero-order valence-corrected chi connectivity index (χ0v) is 11.7. The Bertz CT molecular complexity index is 332. The maximum absolute atomic E-state index is 11.8. The van der Waals surface area contributed by atoms with Crippen LogP contribution < -0.4 is 5.32 Å². The summed E-state index contributed by atoms with van der Waals surface area (Å²) in [6.45, 7) is 1.86. The van der Waals surface area contributed by atoms with Crippen molar-refractivity contribution in [2.24, 2.45) is 0 Å². The van der Waals surface area contributed by atoms with Gasteiger partial charge in [0.2, 0.25) is 5.91 Å². The number of aliphatic carboxylic acids is 1. The summed E-state index contributed by atoms with van der Waals surface area (Å²) in [7, 11) is 4.44. The minimum absolute atomic E-state index is 0.0555. The molecule has 0 spiro atoms. The summed E-state index contributed by atoms with van der Waals surface area (Å²) >= 11 is 0. The lowest BCUT2D eigenvalue weighted by Gasteiger charge is -2.23. The number of rotatable bonds is 7. The third kappa shape index (κ3) is 6.05. The van der Waals surface area contributed by atoms with Crippen LogP contribution in [0.25, 0.3) is 0 Å². The molecule has 110 valence electrons. The van der Waals surface area contributed by atoms with E-state index in [2.05, 4.69) is 10.1 Å². The van der Waals surface area contributed by atoms with E-state index >= 15 is 0 Å². The van der Waals surface area contributed by atoms with Crippen LogP contribution in [0.5, 0.6) is 0 Å². The average molecular weight is 275 g/mol. The summed E-state index contributed by atoms with van der Waals surface area (Å²) in [4.78, 5) is 36.6. The van der Waals surface area contributed by atoms with Gasteiger partial charge in [0.1, 0.15) is 6.54 Å². The molecular weight excluding hydrogens is 254 g/mol. The van der Waals surface area contributed by atoms with Gasteiger partial charge in [0.25, 0.3) is 0 Å². The third-order valence-corrected chi connectivity index (χ3v) is 2.49. The van der Waals surface area contributed by atoms with Crippen LogP contribution >= 0.6 is 0 Å². The number of nitrogens with one attached hydrogen (secondary N) is 1. The number of ether oxygens (including phenoxy) is 1. The van der Waals surface area contributed by atoms with Crippen LogP contribution in [0.4, 0.5) is 4.79 Å². The fourth-order valence-corrected chi connectivity index (χ4v) is 1.20. The van der Waals surface area contributed by atoms with Gasteiger partial charge in [0.05, 0.1) is 6.54 Å². The molecule has 19 heavy (non-hydrogen) atoms. The fourth-order valence-electron chi connectivity index (χ4n) is 1.20. The Labute approximate surface area is 112 Å². The minimum Gasteiger partial charge on any atom is -0.479 e. The molecule has 0 aliphatic carbocycles. The van der Waals surface area contributed by atoms with E-state index in [0.717, 1.165) is 0 Å². The molecule has 0 aromatic carbocycles. The Hall–Kier alpha value is -1.83. The summed E-state index contributed by atoms with van der Waals surface area (Å²) in [6.07, 6.45) is -1.10. The van der Waals surface area contributed by atoms with E-state index in [0.29, 0.717) is 6.54 Å². The van der Waals surface area contributed by atoms with Gasteiger partial charge in [-0.2, -0.15) is 0 Å². The highest BCUT2D eigenvalue weighted by Gasteiger charge is 2.20. The van der Waals surface area contributed by atoms with Crippen molar-refractivity contribution in [1.82, 2.24) is 15.1 Å². The molecule has 3 amide bonds. The maximum Gasteiger partial charge on any atom is 0.334 e. The molecule has 2 N–H and O–H groups in total. The standard InChI is InChI=1S/C11H21N3O5/c1-5-14(7-9(15)13(2)3)11(18)12-6-8(19-4)10(16)17/h8H,5-7H2,1-4H3,(H,12,18)(H,16,17). The zero-order valence-electron chi connectivity index (χ0n) is 11.7. The van der Waals surface area contributed by atoms with E-state index in [1.54, 1.807) is 21.0 Å². The molecule has 0 radical (unpaired) electrons. The smallest absolute Gasteiger partial charge is 0.334 e. The van der Waals surface area contributed by atoms with Crippen molar-refractivity contribution in [2.45, 2.75) is 13.0 Å². The van der Waals surface area contributed by atoms with Crippen molar-refractivity contribution in [3.8, 4) is 0 Å². The number of carboxylic acids is 1. The molecular formula is C11H21N3O5. The quantitative estimate of drug-likeness (QED) is 0.634. The molecule has 1 unspecified atom stereocenters. The Balaban J connectivity index is 4.36. The fraction of sp³-hybridized carbons (Fsp3) is 0.727. The SMILES string of the molecule is CCN(CC(=O)N(C)C)C(=O)NCC(OC)C(=O)O. The number of hydrogen-bond donors (Lipinski definition) is 2. The molecule has 0 heterocycles. The Morgan fingerprint density at radius 3 is 2.26 bits per heavy atom. The van der Waals surface area contributed by atoms with Crippen LogP contribution in [-0.4, -0.2) is 79.8 Å². The van der Waals surface area contributed by atoms with Crippen LogP contribution in [0.15, 0.2) is 0 Å². The monoisotopic (exact) mass is 275 g/mol. The predicted octanol–water partition coefficient (Wildman–Crippen LogP) is -0.794. The number of methoxy groups -OCH3 is 1. The van der Waals surface area contributed by atoms with Crippen molar-refractivity contribution >= 4 is 17.9 Å². The highest BCUT2D eigenvalue weighted by atomic mass is 16.5. The molecule has 0 aliphatic rings. The highest BCUT2D eigenvalue weighted by molar-refractivity contribution is 5.84. The highest BCUT2D eigenvalue weighted by Crippen LogP contribution is 1.94. The van der Waals surface area contributed by atoms with Crippen LogP contribution in [0.3, 0.4) is 0 Å². The van der Waals surface area contributed by atoms with Gasteiger partial charge in [-0.15, -0.1) is 0 Å². The molecule has 0 saturated heterocycles. The molecule has 8 nitrogen and oxygen atoms in total. The van der Waals surface area contributed by atoms with E-state index in [-0.39, 0.29) is 19.0 Å². The molecule has 1 atom stereocenters. The first-order chi connectivity index (χ1) is 8.83. The largest absolute Gasteiger partial charge is 0.479 e. The van der Waals surface area contributed by atoms with Crippen LogP contribution in [0.2, 0.25) is 0 Å². The van der Waals surface area contributed by atoms with Crippen molar-refractivity contribution in [2.75, 3.05) is 40.8 Å². The van der Waals surface area contributed by atoms with Crippen LogP contribution in [-0.2, 0) is 14.3 Å². The van der Waals surface area contributed by atoms with Crippen molar-refractivity contribution in [3.05, 3.63) is 0 Å². The number of amides is 3. The topological polar surface area (TPSA) is 99.2 Å². The molecule has 0 fully saturated rings. The number of nitrogens with zero attached hydrogens (tertiary/aromatic N) is 2. The van der Waals surface area contributed by atoms with E-state index in [4.69, 9.17) is 5.11 Å². The Morgan fingerprint density at radius 1 is 1.32 bits per heavy atom. The molecule has 0 aromatic heterocycles. The number of carbonyl (C=O) groups is 3. The van der Waals surface area contributed by atoms with Crippen molar-refractivity contribution in [3.63, 3.8) is 0 Å². The lowest BCUT2D eigenvalue weighted by molar-refractivity contribution is -0.148. The second kappa shape index (κ2) is 8.30. The number of urea groups is 1. The second-order valence-electron chi connectivity index (χ2n) is 4.05. The number of likely N-dealkylation sites (N-methyl/N-ethyl adjacent to an activating group) is 2. The minimum atomic E-state index is -1.16. The van der Waals surface area contributed by atoms with E-state index in [1.807, 2.05) is 0 Å². The first-order valence-electron chi connectivity index (χ1n) is 5.82. The number of hydrogen-bond acceptors (Lipinski definition) is 4. The molecule has 8 heteroatoms. The van der Waals surface area contributed by atoms with Crippen molar-refractivity contribution < 1.29 is 24.2 Å². The first-order valence-corrected chi connectivity index (χ1v) is 5.82. The first kappa shape index (κ1) is 17.2. The summed E-state index contributed by atoms with van der Waals surface area (Å²) in [6, 6.07) is -0.499. The van der Waals surface area contributed by atoms with Gasteiger partial charge in [0, 0.05) is 27.7 Å². The number of carbonyl (C=O) groups excluding carboxylic acids is 2. The van der Waals surface area contributed by atoms with Crippen LogP contribution in [0, 0.1) is 0 Å². The van der Waals surface area contributed by atoms with Crippen molar-refractivity contribution in [1.29, 1.82) is 0 Å². The average Bonchev–Trinajstić information content (AvgIpc) is 2.35. The van der Waals surface area contributed by atoms with Gasteiger partial charge in [-0.05, 0) is 6.92 Å². The lowest BCUT2D eigenvalue weighted by atomic mass is 10.3. The Kier molecular flexibility index (Phi) is 7.50. The van der Waals surface area contributed by atoms with Gasteiger partial charge in [-0.25, -0.2) is 9.59 Å². The predicted molar refractivity (Wildman–Crippen MR) is 67.8 cm³/mol. The second-order valence-corrected chi connectivity index (χ2v) is 4.05. The maximum atomic E-state index is 11.8. The molecule has 0 saturated carbocycles. The lowest BCUT2D eigenvalue weighted by Crippen LogP contribution is -2.48.